The van der Waals surface area contributed by atoms with E-state index in [1.165, 1.54) is 29.1 Å². The number of fused-ring (bicyclic) bond motifs is 2. The van der Waals surface area contributed by atoms with E-state index in [-0.39, 0.29) is 36.8 Å². The lowest BCUT2D eigenvalue weighted by molar-refractivity contribution is 0.597. The molecule has 164 valence electrons. The minimum absolute atomic E-state index is 0.00677. The van der Waals surface area contributed by atoms with E-state index in [1.807, 2.05) is 6.07 Å². The molecule has 33 heavy (non-hydrogen) atoms. The Labute approximate surface area is 198 Å². The lowest BCUT2D eigenvalue weighted by atomic mass is 10.3. The zero-order valence-corrected chi connectivity index (χ0v) is 19.1. The number of sulfone groups is 1. The third kappa shape index (κ3) is 3.70. The molecular formula is C22H14Cl2N6O2S. The first kappa shape index (κ1) is 21.3. The molecule has 0 bridgehead atoms. The summed E-state index contributed by atoms with van der Waals surface area (Å²) < 4.78 is 28.6. The maximum atomic E-state index is 13.7. The Hall–Kier alpha value is -3.53. The van der Waals surface area contributed by atoms with Gasteiger partial charge in [-0.15, -0.1) is 0 Å². The number of nitrogens with zero attached hydrogens (tertiary/aromatic N) is 5. The highest BCUT2D eigenvalue weighted by molar-refractivity contribution is 7.92. The molecule has 0 aliphatic carbocycles. The molecule has 0 unspecified atom stereocenters. The molecule has 0 amide bonds. The molecular weight excluding hydrogens is 483 g/mol. The van der Waals surface area contributed by atoms with E-state index in [4.69, 9.17) is 28.9 Å². The van der Waals surface area contributed by atoms with Crippen LogP contribution < -0.4 is 5.73 Å². The number of halogens is 2. The Morgan fingerprint density at radius 1 is 1.00 bits per heavy atom. The number of hydrogen-bond donors (Lipinski definition) is 1. The van der Waals surface area contributed by atoms with Crippen molar-refractivity contribution in [2.24, 2.45) is 5.10 Å². The van der Waals surface area contributed by atoms with E-state index in [2.05, 4.69) is 20.1 Å². The van der Waals surface area contributed by atoms with Gasteiger partial charge in [0.15, 0.2) is 5.65 Å². The van der Waals surface area contributed by atoms with Crippen molar-refractivity contribution in [3.8, 4) is 0 Å². The van der Waals surface area contributed by atoms with Gasteiger partial charge in [-0.05, 0) is 36.4 Å². The van der Waals surface area contributed by atoms with Gasteiger partial charge in [-0.3, -0.25) is 4.98 Å². The Morgan fingerprint density at radius 2 is 1.76 bits per heavy atom. The van der Waals surface area contributed by atoms with Crippen molar-refractivity contribution in [2.75, 3.05) is 5.73 Å². The fourth-order valence-corrected chi connectivity index (χ4v) is 5.61. The summed E-state index contributed by atoms with van der Waals surface area (Å²) in [5.74, 6) is -0.156. The molecule has 0 saturated heterocycles. The molecule has 0 radical (unpaired) electrons. The van der Waals surface area contributed by atoms with Gasteiger partial charge in [0, 0.05) is 23.0 Å². The zero-order chi connectivity index (χ0) is 23.2. The van der Waals surface area contributed by atoms with Crippen LogP contribution in [0.3, 0.4) is 0 Å². The minimum Gasteiger partial charge on any atom is -0.382 e. The van der Waals surface area contributed by atoms with Crippen LogP contribution in [0, 0.1) is 0 Å². The smallest absolute Gasteiger partial charge is 0.214 e. The summed E-state index contributed by atoms with van der Waals surface area (Å²) in [6.45, 7) is 0. The van der Waals surface area contributed by atoms with Crippen LogP contribution in [-0.4, -0.2) is 34.3 Å². The van der Waals surface area contributed by atoms with E-state index in [1.54, 1.807) is 42.7 Å². The van der Waals surface area contributed by atoms with Crippen molar-refractivity contribution in [1.82, 2.24) is 19.6 Å². The summed E-state index contributed by atoms with van der Waals surface area (Å²) in [5, 5.41) is 4.60. The average molecular weight is 497 g/mol. The van der Waals surface area contributed by atoms with Crippen LogP contribution in [0.15, 0.2) is 81.9 Å². The number of anilines is 1. The second-order valence-corrected chi connectivity index (χ2v) is 9.72. The highest BCUT2D eigenvalue weighted by atomic mass is 35.5. The molecule has 0 atom stereocenters. The number of pyridine rings is 1. The quantitative estimate of drug-likeness (QED) is 0.364. The SMILES string of the molecule is Nc1c(S(=O)(=O)c2cc(Cl)ccc2Cl)c2nc3ccccc3nc2n1N=Cc1cccnc1. The van der Waals surface area contributed by atoms with Gasteiger partial charge in [0.2, 0.25) is 9.84 Å². The highest BCUT2D eigenvalue weighted by Gasteiger charge is 2.32. The predicted octanol–water partition coefficient (Wildman–Crippen LogP) is 4.58. The molecule has 0 aliphatic rings. The molecule has 5 rings (SSSR count). The Kier molecular flexibility index (Phi) is 5.24. The predicted molar refractivity (Wildman–Crippen MR) is 129 cm³/mol. The maximum Gasteiger partial charge on any atom is 0.214 e. The van der Waals surface area contributed by atoms with E-state index < -0.39 is 9.84 Å². The fourth-order valence-electron chi connectivity index (χ4n) is 3.37. The van der Waals surface area contributed by atoms with Crippen molar-refractivity contribution in [2.45, 2.75) is 9.79 Å². The number of hydrogen-bond acceptors (Lipinski definition) is 7. The van der Waals surface area contributed by atoms with Crippen LogP contribution in [0.4, 0.5) is 5.82 Å². The molecule has 0 saturated carbocycles. The summed E-state index contributed by atoms with van der Waals surface area (Å²) in [6.07, 6.45) is 4.74. The molecule has 0 fully saturated rings. The van der Waals surface area contributed by atoms with E-state index in [0.29, 0.717) is 16.6 Å². The van der Waals surface area contributed by atoms with Crippen LogP contribution in [-0.2, 0) is 9.84 Å². The van der Waals surface area contributed by atoms with Crippen molar-refractivity contribution in [3.05, 3.63) is 82.6 Å². The van der Waals surface area contributed by atoms with Crippen molar-refractivity contribution < 1.29 is 8.42 Å². The standard InChI is InChI=1S/C22H14Cl2N6O2S/c23-14-7-8-15(24)18(10-14)33(31,32)20-19-22(29-17-6-2-1-5-16(17)28-19)30(21(20)25)27-12-13-4-3-9-26-11-13/h1-12H,25H2. The Morgan fingerprint density at radius 3 is 2.48 bits per heavy atom. The number of para-hydroxylation sites is 2. The van der Waals surface area contributed by atoms with Crippen LogP contribution in [0.25, 0.3) is 22.2 Å². The summed E-state index contributed by atoms with van der Waals surface area (Å²) in [7, 11) is -4.23. The number of nitrogen functional groups attached to an aromatic ring is 1. The minimum atomic E-state index is -4.23. The van der Waals surface area contributed by atoms with Crippen molar-refractivity contribution in [3.63, 3.8) is 0 Å². The Bertz CT molecular complexity index is 1670. The van der Waals surface area contributed by atoms with Gasteiger partial charge in [-0.1, -0.05) is 41.4 Å². The molecule has 3 aromatic heterocycles. The van der Waals surface area contributed by atoms with Gasteiger partial charge in [0.25, 0.3) is 0 Å². The molecule has 5 aromatic rings. The topological polar surface area (TPSA) is 116 Å². The number of benzene rings is 2. The normalized spacial score (nSPS) is 12.2. The molecule has 8 nitrogen and oxygen atoms in total. The first-order valence-corrected chi connectivity index (χ1v) is 11.8. The average Bonchev–Trinajstić information content (AvgIpc) is 3.09. The third-order valence-electron chi connectivity index (χ3n) is 4.89. The summed E-state index contributed by atoms with van der Waals surface area (Å²) in [5.41, 5.74) is 8.37. The van der Waals surface area contributed by atoms with Crippen LogP contribution >= 0.6 is 23.2 Å². The first-order chi connectivity index (χ1) is 15.9. The molecule has 2 N–H and O–H groups in total. The molecule has 0 aliphatic heterocycles. The lowest BCUT2D eigenvalue weighted by Crippen LogP contribution is -2.07. The summed E-state index contributed by atoms with van der Waals surface area (Å²) in [6, 6.07) is 14.8. The van der Waals surface area contributed by atoms with Gasteiger partial charge < -0.3 is 5.73 Å². The van der Waals surface area contributed by atoms with Gasteiger partial charge in [0.1, 0.15) is 16.2 Å². The largest absolute Gasteiger partial charge is 0.382 e. The highest BCUT2D eigenvalue weighted by Crippen LogP contribution is 2.38. The van der Waals surface area contributed by atoms with Crippen LogP contribution in [0.2, 0.25) is 10.0 Å². The number of rotatable bonds is 4. The monoisotopic (exact) mass is 496 g/mol. The third-order valence-corrected chi connectivity index (χ3v) is 7.42. The van der Waals surface area contributed by atoms with Gasteiger partial charge in [0.05, 0.1) is 27.2 Å². The van der Waals surface area contributed by atoms with E-state index in [9.17, 15) is 8.42 Å². The summed E-state index contributed by atoms with van der Waals surface area (Å²) in [4.78, 5) is 12.7. The molecule has 3 heterocycles. The number of nitrogens with two attached hydrogens (primary N) is 1. The van der Waals surface area contributed by atoms with Gasteiger partial charge in [-0.2, -0.15) is 9.78 Å². The molecule has 11 heteroatoms. The Balaban J connectivity index is 1.83. The van der Waals surface area contributed by atoms with Gasteiger partial charge in [-0.25, -0.2) is 18.4 Å². The van der Waals surface area contributed by atoms with Crippen LogP contribution in [0.1, 0.15) is 5.56 Å². The lowest BCUT2D eigenvalue weighted by Gasteiger charge is -2.07. The molecule has 2 aromatic carbocycles. The van der Waals surface area contributed by atoms with Crippen LogP contribution in [0.5, 0.6) is 0 Å². The number of aromatic nitrogens is 4. The second-order valence-electron chi connectivity index (χ2n) is 7.02. The molecule has 0 spiro atoms. The van der Waals surface area contributed by atoms with Crippen molar-refractivity contribution in [1.29, 1.82) is 0 Å². The first-order valence-electron chi connectivity index (χ1n) is 9.57. The maximum absolute atomic E-state index is 13.7. The zero-order valence-electron chi connectivity index (χ0n) is 16.7. The van der Waals surface area contributed by atoms with E-state index >= 15 is 0 Å². The fraction of sp³-hybridized carbons (Fsp3) is 0. The second kappa shape index (κ2) is 8.11. The van der Waals surface area contributed by atoms with Gasteiger partial charge >= 0.3 is 0 Å². The van der Waals surface area contributed by atoms with Crippen molar-refractivity contribution >= 4 is 67.3 Å². The summed E-state index contributed by atoms with van der Waals surface area (Å²) >= 11 is 12.3. The van der Waals surface area contributed by atoms with E-state index in [0.717, 1.165) is 0 Å².